The molecule has 3 fully saturated rings. The van der Waals surface area contributed by atoms with Crippen LogP contribution in [0.25, 0.3) is 32.9 Å². The highest BCUT2D eigenvalue weighted by molar-refractivity contribution is 6.04. The van der Waals surface area contributed by atoms with Gasteiger partial charge in [0.15, 0.2) is 5.82 Å². The van der Waals surface area contributed by atoms with Gasteiger partial charge in [0.1, 0.15) is 53.1 Å². The highest BCUT2D eigenvalue weighted by Gasteiger charge is 2.49. The van der Waals surface area contributed by atoms with Gasteiger partial charge in [0.2, 0.25) is 0 Å². The Morgan fingerprint density at radius 2 is 1.98 bits per heavy atom. The summed E-state index contributed by atoms with van der Waals surface area (Å²) < 4.78 is 57.5. The predicted molar refractivity (Wildman–Crippen MR) is 172 cm³/mol. The molecule has 0 spiro atoms. The van der Waals surface area contributed by atoms with Crippen molar-refractivity contribution >= 4 is 33.5 Å². The number of fused-ring (bicyclic) bond motifs is 3. The van der Waals surface area contributed by atoms with E-state index in [1.165, 1.54) is 25.3 Å². The number of hydrogen-bond donors (Lipinski definition) is 2. The van der Waals surface area contributed by atoms with E-state index in [2.05, 4.69) is 37.0 Å². The average Bonchev–Trinajstić information content (AvgIpc) is 3.62. The number of pyridine rings is 1. The predicted octanol–water partition coefficient (Wildman–Crippen LogP) is 3.70. The lowest BCUT2D eigenvalue weighted by Crippen LogP contribution is -2.55. The number of phenolic OH excluding ortho intramolecular Hbond substituents is 1. The minimum absolute atomic E-state index is 0.00402. The first-order valence-corrected chi connectivity index (χ1v) is 15.5. The van der Waals surface area contributed by atoms with Crippen LogP contribution >= 0.6 is 0 Å². The highest BCUT2D eigenvalue weighted by Crippen LogP contribution is 2.42. The summed E-state index contributed by atoms with van der Waals surface area (Å²) in [5, 5.41) is 14.3. The number of terminal acetylenes is 2. The van der Waals surface area contributed by atoms with Crippen molar-refractivity contribution in [3.63, 3.8) is 0 Å². The molecule has 48 heavy (non-hydrogen) atoms. The van der Waals surface area contributed by atoms with E-state index in [-0.39, 0.29) is 69.5 Å². The number of hydrogen-bond acceptors (Lipinski definition) is 10. The zero-order chi connectivity index (χ0) is 33.7. The van der Waals surface area contributed by atoms with Gasteiger partial charge in [-0.25, -0.2) is 18.2 Å². The number of ether oxygens (including phenoxy) is 2. The molecule has 2 aromatic carbocycles. The summed E-state index contributed by atoms with van der Waals surface area (Å²) in [6.07, 6.45) is 12.6. The van der Waals surface area contributed by atoms with Crippen molar-refractivity contribution in [2.24, 2.45) is 0 Å². The Kier molecular flexibility index (Phi) is 7.98. The molecule has 5 heterocycles. The van der Waals surface area contributed by atoms with Gasteiger partial charge in [-0.15, -0.1) is 12.8 Å². The molecule has 10 nitrogen and oxygen atoms in total. The molecular formula is C35H31F3N6O4. The molecule has 3 aliphatic rings. The molecule has 3 atom stereocenters. The van der Waals surface area contributed by atoms with Crippen LogP contribution < -0.4 is 15.0 Å². The normalized spacial score (nSPS) is 22.4. The molecule has 2 aromatic heterocycles. The first-order chi connectivity index (χ1) is 23.2. The lowest BCUT2D eigenvalue weighted by molar-refractivity contribution is -0.143. The number of anilines is 1. The molecule has 13 heteroatoms. The van der Waals surface area contributed by atoms with Crippen molar-refractivity contribution in [1.29, 1.82) is 0 Å². The first kappa shape index (κ1) is 31.5. The van der Waals surface area contributed by atoms with E-state index in [1.807, 2.05) is 0 Å². The van der Waals surface area contributed by atoms with E-state index in [9.17, 15) is 18.7 Å². The maximum Gasteiger partial charge on any atom is 0.324 e. The first-order valence-electron chi connectivity index (χ1n) is 15.5. The van der Waals surface area contributed by atoms with E-state index >= 15 is 4.39 Å². The molecule has 0 bridgehead atoms. The summed E-state index contributed by atoms with van der Waals surface area (Å²) >= 11 is 0. The number of halogens is 3. The molecule has 0 saturated carbocycles. The summed E-state index contributed by atoms with van der Waals surface area (Å²) in [5.74, 6) is 2.63. The third-order valence-corrected chi connectivity index (χ3v) is 9.52. The molecule has 1 unspecified atom stereocenters. The van der Waals surface area contributed by atoms with E-state index in [1.54, 1.807) is 4.90 Å². The lowest BCUT2D eigenvalue weighted by atomic mass is 9.95. The fourth-order valence-electron chi connectivity index (χ4n) is 7.35. The van der Waals surface area contributed by atoms with Crippen molar-refractivity contribution < 1.29 is 32.5 Å². The summed E-state index contributed by atoms with van der Waals surface area (Å²) in [5.41, 5.74) is -1.28. The van der Waals surface area contributed by atoms with Crippen LogP contribution in [0.5, 0.6) is 11.8 Å². The molecular weight excluding hydrogens is 625 g/mol. The van der Waals surface area contributed by atoms with E-state index in [0.29, 0.717) is 31.4 Å². The number of alkyl halides is 1. The maximum absolute atomic E-state index is 17.0. The van der Waals surface area contributed by atoms with E-state index in [4.69, 9.17) is 22.3 Å². The number of benzene rings is 2. The van der Waals surface area contributed by atoms with Crippen molar-refractivity contribution in [2.75, 3.05) is 51.3 Å². The fraction of sp³-hybridized carbons (Fsp3) is 0.371. The number of methoxy groups -OCH3 is 1. The number of rotatable bonds is 6. The van der Waals surface area contributed by atoms with Crippen molar-refractivity contribution in [1.82, 2.24) is 25.2 Å². The quantitative estimate of drug-likeness (QED) is 0.236. The number of esters is 1. The van der Waals surface area contributed by atoms with Crippen molar-refractivity contribution in [2.45, 2.75) is 37.0 Å². The van der Waals surface area contributed by atoms with E-state index < -0.39 is 35.4 Å². The average molecular weight is 657 g/mol. The Morgan fingerprint density at radius 3 is 2.75 bits per heavy atom. The number of aromatic nitrogens is 3. The van der Waals surface area contributed by atoms with Gasteiger partial charge in [0.25, 0.3) is 0 Å². The third kappa shape index (κ3) is 5.20. The summed E-state index contributed by atoms with van der Waals surface area (Å²) in [6.45, 7) is 1.97. The number of piperazine rings is 1. The topological polar surface area (TPSA) is 113 Å². The standard InChI is InChI=1S/C35H31F3N6O4/c1-4-22-24(37)8-7-19-13-21(45)14-23(27(19)22)30-29(38)31-28(25(5-2)40-30)32(43-12-10-39-26(17-43)33(46)47-3)42-34(41-31)48-18-35-9-6-11-44(35)16-20(36)15-35/h1-2,7-8,13-14,20,26,39,45H,6,9-12,15-18H2,3H3/t20-,26?,35+/m1/s1. The second-order valence-corrected chi connectivity index (χ2v) is 12.3. The minimum Gasteiger partial charge on any atom is -0.508 e. The molecule has 4 aromatic rings. The Morgan fingerprint density at radius 1 is 1.15 bits per heavy atom. The molecule has 3 aliphatic heterocycles. The molecule has 3 saturated heterocycles. The van der Waals surface area contributed by atoms with Crippen LogP contribution in [0.2, 0.25) is 0 Å². The maximum atomic E-state index is 17.0. The molecule has 2 N–H and O–H groups in total. The second-order valence-electron chi connectivity index (χ2n) is 12.3. The van der Waals surface area contributed by atoms with Gasteiger partial charge in [-0.1, -0.05) is 12.0 Å². The largest absolute Gasteiger partial charge is 0.508 e. The van der Waals surface area contributed by atoms with Gasteiger partial charge in [-0.2, -0.15) is 9.97 Å². The molecule has 0 aliphatic carbocycles. The number of nitrogens with zero attached hydrogens (tertiary/aromatic N) is 5. The summed E-state index contributed by atoms with van der Waals surface area (Å²) in [4.78, 5) is 29.9. The van der Waals surface area contributed by atoms with Gasteiger partial charge in [0, 0.05) is 43.5 Å². The van der Waals surface area contributed by atoms with Crippen LogP contribution in [-0.4, -0.2) is 95.1 Å². The number of phenols is 1. The smallest absolute Gasteiger partial charge is 0.324 e. The molecule has 0 amide bonds. The third-order valence-electron chi connectivity index (χ3n) is 9.52. The lowest BCUT2D eigenvalue weighted by Gasteiger charge is -2.34. The van der Waals surface area contributed by atoms with Crippen LogP contribution in [0.3, 0.4) is 0 Å². The number of aromatic hydroxyl groups is 1. The van der Waals surface area contributed by atoms with Gasteiger partial charge < -0.3 is 24.8 Å². The van der Waals surface area contributed by atoms with Crippen molar-refractivity contribution in [3.8, 4) is 47.7 Å². The highest BCUT2D eigenvalue weighted by atomic mass is 19.1. The van der Waals surface area contributed by atoms with Gasteiger partial charge in [-0.05, 0) is 48.9 Å². The van der Waals surface area contributed by atoms with Crippen LogP contribution in [0, 0.1) is 36.3 Å². The van der Waals surface area contributed by atoms with Crippen LogP contribution in [0.4, 0.5) is 19.0 Å². The van der Waals surface area contributed by atoms with Crippen LogP contribution in [-0.2, 0) is 9.53 Å². The Hall–Kier alpha value is -5.11. The molecule has 246 valence electrons. The van der Waals surface area contributed by atoms with Crippen molar-refractivity contribution in [3.05, 3.63) is 47.2 Å². The van der Waals surface area contributed by atoms with E-state index in [0.717, 1.165) is 25.5 Å². The zero-order valence-electron chi connectivity index (χ0n) is 26.0. The number of carbonyl (C=O) groups excluding carboxylic acids is 1. The summed E-state index contributed by atoms with van der Waals surface area (Å²) in [7, 11) is 1.28. The van der Waals surface area contributed by atoms with Gasteiger partial charge in [-0.3, -0.25) is 9.69 Å². The fourth-order valence-corrected chi connectivity index (χ4v) is 7.35. The van der Waals surface area contributed by atoms with Crippen LogP contribution in [0.15, 0.2) is 24.3 Å². The number of carbonyl (C=O) groups is 1. The summed E-state index contributed by atoms with van der Waals surface area (Å²) in [6, 6.07) is 4.30. The Bertz CT molecular complexity index is 2060. The SMILES string of the molecule is C#Cc1c(F)ccc2cc(O)cc(-c3nc(C#C)c4c(N5CCNC(C(=O)OC)C5)nc(OC[C@@]56CCCN5C[C@H](F)C6)nc4c3F)c12. The minimum atomic E-state index is -0.989. The Balaban J connectivity index is 1.43. The second kappa shape index (κ2) is 12.2. The monoisotopic (exact) mass is 656 g/mol. The van der Waals surface area contributed by atoms with Gasteiger partial charge in [0.05, 0.1) is 23.6 Å². The molecule has 7 rings (SSSR count). The zero-order valence-corrected chi connectivity index (χ0v) is 26.0. The Labute approximate surface area is 274 Å². The number of nitrogens with one attached hydrogen (secondary N) is 1. The van der Waals surface area contributed by atoms with Gasteiger partial charge >= 0.3 is 12.0 Å². The molecule has 0 radical (unpaired) electrons. The van der Waals surface area contributed by atoms with Crippen LogP contribution in [0.1, 0.15) is 30.5 Å².